The summed E-state index contributed by atoms with van der Waals surface area (Å²) < 4.78 is 25.0. The molecule has 160 valence electrons. The lowest BCUT2D eigenvalue weighted by Gasteiger charge is -2.34. The first-order valence-electron chi connectivity index (χ1n) is 9.80. The first-order valence-corrected chi connectivity index (χ1v) is 10.7. The molecule has 1 aliphatic heterocycles. The van der Waals surface area contributed by atoms with E-state index in [0.29, 0.717) is 23.5 Å². The summed E-state index contributed by atoms with van der Waals surface area (Å²) in [6.07, 6.45) is 1.42. The molecule has 4 rings (SSSR count). The number of allylic oxidation sites excluding steroid dienone is 1. The van der Waals surface area contributed by atoms with Crippen LogP contribution in [-0.4, -0.2) is 24.1 Å². The van der Waals surface area contributed by atoms with E-state index in [-0.39, 0.29) is 11.4 Å². The lowest BCUT2D eigenvalue weighted by Crippen LogP contribution is -2.32. The number of benzene rings is 2. The number of ether oxygens (including phenoxy) is 2. The van der Waals surface area contributed by atoms with Crippen LogP contribution in [0.3, 0.4) is 0 Å². The number of hydrogen-bond donors (Lipinski definition) is 1. The smallest absolute Gasteiger partial charge is 0.294 e. The zero-order valence-corrected chi connectivity index (χ0v) is 18.5. The summed E-state index contributed by atoms with van der Waals surface area (Å²) >= 11 is 1.43. The highest BCUT2D eigenvalue weighted by Crippen LogP contribution is 2.46. The third-order valence-electron chi connectivity index (χ3n) is 5.30. The number of aromatic nitrogens is 1. The number of carbonyl (C=O) groups excluding carboxylic acids is 1. The first-order chi connectivity index (χ1) is 14.8. The van der Waals surface area contributed by atoms with Crippen molar-refractivity contribution in [1.82, 2.24) is 4.98 Å². The topological polar surface area (TPSA) is 60.5 Å². The minimum absolute atomic E-state index is 0.231. The van der Waals surface area contributed by atoms with Gasteiger partial charge in [-0.2, -0.15) is 0 Å². The van der Waals surface area contributed by atoms with Crippen LogP contribution in [0.2, 0.25) is 0 Å². The molecule has 0 spiro atoms. The second kappa shape index (κ2) is 8.15. The van der Waals surface area contributed by atoms with Gasteiger partial charge in [-0.3, -0.25) is 4.79 Å². The van der Waals surface area contributed by atoms with Crippen LogP contribution in [0.4, 0.5) is 10.1 Å². The van der Waals surface area contributed by atoms with Gasteiger partial charge in [-0.25, -0.2) is 9.37 Å². The van der Waals surface area contributed by atoms with Crippen molar-refractivity contribution in [3.8, 4) is 16.9 Å². The third kappa shape index (κ3) is 3.93. The molecule has 1 N–H and O–H groups in total. The summed E-state index contributed by atoms with van der Waals surface area (Å²) in [5.41, 5.74) is 7.27. The van der Waals surface area contributed by atoms with E-state index in [1.165, 1.54) is 30.6 Å². The number of nitrogens with one attached hydrogen (secondary N) is 1. The summed E-state index contributed by atoms with van der Waals surface area (Å²) in [4.78, 5) is 15.9. The molecule has 2 aromatic carbocycles. The monoisotopic (exact) mass is 438 g/mol. The molecule has 2 heterocycles. The maximum Gasteiger partial charge on any atom is 0.294 e. The summed E-state index contributed by atoms with van der Waals surface area (Å²) in [5.74, 6) is 0.00913. The van der Waals surface area contributed by atoms with Crippen molar-refractivity contribution in [3.05, 3.63) is 69.9 Å². The Labute approximate surface area is 184 Å². The average molecular weight is 439 g/mol. The molecular weight excluding hydrogens is 415 g/mol. The number of hydrogen-bond acceptors (Lipinski definition) is 6. The second-order valence-corrected chi connectivity index (χ2v) is 8.71. The van der Waals surface area contributed by atoms with Gasteiger partial charge in [0, 0.05) is 33.8 Å². The molecule has 0 saturated carbocycles. The van der Waals surface area contributed by atoms with Crippen molar-refractivity contribution in [2.24, 2.45) is 0 Å². The predicted molar refractivity (Wildman–Crippen MR) is 121 cm³/mol. The molecule has 0 bridgehead atoms. The van der Waals surface area contributed by atoms with Crippen LogP contribution in [0.5, 0.6) is 5.75 Å². The maximum absolute atomic E-state index is 13.9. The summed E-state index contributed by atoms with van der Waals surface area (Å²) in [7, 11) is 1.51. The fraction of sp³-hybridized carbons (Fsp3) is 0.250. The third-order valence-corrected chi connectivity index (χ3v) is 5.91. The van der Waals surface area contributed by atoms with Gasteiger partial charge >= 0.3 is 0 Å². The normalized spacial score (nSPS) is 15.3. The Kier molecular flexibility index (Phi) is 5.54. The van der Waals surface area contributed by atoms with Crippen molar-refractivity contribution >= 4 is 29.1 Å². The van der Waals surface area contributed by atoms with Gasteiger partial charge in [-0.1, -0.05) is 12.1 Å². The molecule has 1 unspecified atom stereocenters. The fourth-order valence-electron chi connectivity index (χ4n) is 4.23. The van der Waals surface area contributed by atoms with Crippen LogP contribution >= 0.6 is 11.3 Å². The van der Waals surface area contributed by atoms with E-state index in [1.807, 2.05) is 24.4 Å². The fourth-order valence-corrected chi connectivity index (χ4v) is 4.80. The Morgan fingerprint density at radius 1 is 1.23 bits per heavy atom. The van der Waals surface area contributed by atoms with Crippen molar-refractivity contribution in [2.75, 3.05) is 12.4 Å². The molecule has 1 aromatic heterocycles. The molecule has 1 atom stereocenters. The zero-order valence-electron chi connectivity index (χ0n) is 17.7. The number of methoxy groups -OCH3 is 1. The summed E-state index contributed by atoms with van der Waals surface area (Å²) in [5, 5.41) is 5.40. The number of thiazole rings is 1. The minimum atomic E-state index is -0.727. The van der Waals surface area contributed by atoms with Gasteiger partial charge in [-0.05, 0) is 50.1 Å². The Morgan fingerprint density at radius 2 is 2.00 bits per heavy atom. The Morgan fingerprint density at radius 3 is 2.68 bits per heavy atom. The largest absolute Gasteiger partial charge is 0.496 e. The Balaban J connectivity index is 2.06. The first kappa shape index (κ1) is 21.1. The molecule has 1 aliphatic rings. The Hall–Kier alpha value is -3.19. The molecular formula is C24H23FN2O3S. The van der Waals surface area contributed by atoms with E-state index in [2.05, 4.69) is 30.2 Å². The van der Waals surface area contributed by atoms with Crippen LogP contribution < -0.4 is 10.1 Å². The van der Waals surface area contributed by atoms with Crippen LogP contribution in [0.15, 0.2) is 47.3 Å². The molecule has 0 amide bonds. The van der Waals surface area contributed by atoms with Gasteiger partial charge < -0.3 is 14.8 Å². The SMILES string of the molecule is COc1cc(F)ccc1-c1ccc2c(c1C(OC=O)c1cscn1)C(C)=CC(C)(C)N2. The summed E-state index contributed by atoms with van der Waals surface area (Å²) in [6, 6.07) is 8.36. The maximum atomic E-state index is 13.9. The predicted octanol–water partition coefficient (Wildman–Crippen LogP) is 5.83. The standard InChI is InChI=1S/C24H23FN2O3S/c1-14-10-24(2,3)27-18-8-7-17(16-6-5-15(25)9-20(16)29-4)22(21(14)18)23(30-13-28)19-11-31-12-26-19/h5-13,23,27H,1-4H3. The van der Waals surface area contributed by atoms with Crippen LogP contribution in [-0.2, 0) is 9.53 Å². The number of anilines is 1. The zero-order chi connectivity index (χ0) is 22.2. The molecule has 7 heteroatoms. The van der Waals surface area contributed by atoms with E-state index >= 15 is 0 Å². The van der Waals surface area contributed by atoms with E-state index in [1.54, 1.807) is 11.6 Å². The highest BCUT2D eigenvalue weighted by atomic mass is 32.1. The molecule has 31 heavy (non-hydrogen) atoms. The van der Waals surface area contributed by atoms with E-state index in [0.717, 1.165) is 28.0 Å². The van der Waals surface area contributed by atoms with Gasteiger partial charge in [0.15, 0.2) is 6.10 Å². The molecule has 0 fully saturated rings. The number of carbonyl (C=O) groups is 1. The van der Waals surface area contributed by atoms with Gasteiger partial charge in [-0.15, -0.1) is 11.3 Å². The van der Waals surface area contributed by atoms with Gasteiger partial charge in [0.2, 0.25) is 0 Å². The number of nitrogens with zero attached hydrogens (tertiary/aromatic N) is 1. The lowest BCUT2D eigenvalue weighted by molar-refractivity contribution is -0.132. The molecule has 0 radical (unpaired) electrons. The minimum Gasteiger partial charge on any atom is -0.496 e. The molecule has 0 saturated heterocycles. The van der Waals surface area contributed by atoms with Crippen molar-refractivity contribution in [1.29, 1.82) is 0 Å². The summed E-state index contributed by atoms with van der Waals surface area (Å²) in [6.45, 7) is 6.66. The lowest BCUT2D eigenvalue weighted by atomic mass is 9.82. The van der Waals surface area contributed by atoms with Crippen LogP contribution in [0, 0.1) is 5.82 Å². The van der Waals surface area contributed by atoms with Gasteiger partial charge in [0.05, 0.1) is 23.9 Å². The Bertz CT molecular complexity index is 1160. The van der Waals surface area contributed by atoms with Crippen LogP contribution in [0.1, 0.15) is 43.7 Å². The van der Waals surface area contributed by atoms with Gasteiger partial charge in [0.1, 0.15) is 11.6 Å². The quantitative estimate of drug-likeness (QED) is 0.491. The van der Waals surface area contributed by atoms with E-state index in [4.69, 9.17) is 9.47 Å². The van der Waals surface area contributed by atoms with E-state index < -0.39 is 6.10 Å². The number of rotatable bonds is 6. The number of fused-ring (bicyclic) bond motifs is 1. The van der Waals surface area contributed by atoms with Crippen molar-refractivity contribution in [2.45, 2.75) is 32.4 Å². The van der Waals surface area contributed by atoms with Crippen molar-refractivity contribution in [3.63, 3.8) is 0 Å². The van der Waals surface area contributed by atoms with Crippen LogP contribution in [0.25, 0.3) is 16.7 Å². The second-order valence-electron chi connectivity index (χ2n) is 7.99. The average Bonchev–Trinajstić information content (AvgIpc) is 3.25. The van der Waals surface area contributed by atoms with Crippen molar-refractivity contribution < 1.29 is 18.7 Å². The number of halogens is 1. The molecule has 3 aromatic rings. The molecule has 5 nitrogen and oxygen atoms in total. The highest BCUT2D eigenvalue weighted by molar-refractivity contribution is 7.07. The molecule has 0 aliphatic carbocycles. The van der Waals surface area contributed by atoms with E-state index in [9.17, 15) is 9.18 Å². The van der Waals surface area contributed by atoms with Gasteiger partial charge in [0.25, 0.3) is 6.47 Å². The highest BCUT2D eigenvalue weighted by Gasteiger charge is 2.32.